The Morgan fingerprint density at radius 3 is 2.52 bits per heavy atom. The summed E-state index contributed by atoms with van der Waals surface area (Å²) in [7, 11) is 1.90. The molecule has 0 unspecified atom stereocenters. The van der Waals surface area contributed by atoms with Gasteiger partial charge in [0.15, 0.2) is 0 Å². The van der Waals surface area contributed by atoms with Crippen molar-refractivity contribution in [1.82, 2.24) is 15.5 Å². The van der Waals surface area contributed by atoms with Crippen molar-refractivity contribution in [2.24, 2.45) is 0 Å². The molecule has 2 aromatic carbocycles. The molecular weight excluding hydrogens is 338 g/mol. The number of nitrogens with zero attached hydrogens (tertiary/aromatic N) is 1. The van der Waals surface area contributed by atoms with E-state index in [0.717, 1.165) is 31.2 Å². The lowest BCUT2D eigenvalue weighted by atomic mass is 9.96. The Morgan fingerprint density at radius 2 is 1.78 bits per heavy atom. The van der Waals surface area contributed by atoms with Gasteiger partial charge in [-0.3, -0.25) is 15.0 Å². The number of fused-ring (bicyclic) bond motifs is 1. The molecule has 3 rings (SSSR count). The average Bonchev–Trinajstić information content (AvgIpc) is 2.67. The number of carbonyl (C=O) groups excluding carboxylic acids is 2. The van der Waals surface area contributed by atoms with Gasteiger partial charge in [0.05, 0.1) is 6.04 Å². The summed E-state index contributed by atoms with van der Waals surface area (Å²) in [6, 6.07) is 14.0. The highest BCUT2D eigenvalue weighted by atomic mass is 16.2. The standard InChI is InChI=1S/C22H29N3O2/c1-16(21(26)24-22(27)23-20-10-4-3-5-11-20)25(2)15-17-12-13-18-8-6-7-9-19(18)14-17/h6-9,12-14,16,20H,3-5,10-11,15H2,1-2H3,(H2,23,24,26,27)/t16-/m1/s1. The minimum atomic E-state index is -0.395. The van der Waals surface area contributed by atoms with Gasteiger partial charge < -0.3 is 5.32 Å². The molecule has 0 bridgehead atoms. The lowest BCUT2D eigenvalue weighted by Crippen LogP contribution is -2.50. The highest BCUT2D eigenvalue weighted by Crippen LogP contribution is 2.18. The first-order valence-corrected chi connectivity index (χ1v) is 9.82. The summed E-state index contributed by atoms with van der Waals surface area (Å²) in [6.45, 7) is 2.47. The fraction of sp³-hybridized carbons (Fsp3) is 0.455. The van der Waals surface area contributed by atoms with E-state index < -0.39 is 6.04 Å². The van der Waals surface area contributed by atoms with E-state index in [1.54, 1.807) is 0 Å². The molecule has 144 valence electrons. The predicted molar refractivity (Wildman–Crippen MR) is 108 cm³/mol. The third-order valence-electron chi connectivity index (χ3n) is 5.46. The quantitative estimate of drug-likeness (QED) is 0.844. The number of benzene rings is 2. The smallest absolute Gasteiger partial charge is 0.321 e. The molecule has 0 heterocycles. The molecule has 0 radical (unpaired) electrons. The van der Waals surface area contributed by atoms with Crippen LogP contribution in [-0.4, -0.2) is 36.0 Å². The molecule has 1 saturated carbocycles. The van der Waals surface area contributed by atoms with E-state index >= 15 is 0 Å². The zero-order valence-electron chi connectivity index (χ0n) is 16.2. The Bertz CT molecular complexity index is 799. The zero-order chi connectivity index (χ0) is 19.2. The van der Waals surface area contributed by atoms with E-state index in [1.165, 1.54) is 17.2 Å². The summed E-state index contributed by atoms with van der Waals surface area (Å²) in [4.78, 5) is 26.5. The maximum Gasteiger partial charge on any atom is 0.321 e. The van der Waals surface area contributed by atoms with E-state index in [2.05, 4.69) is 41.0 Å². The Morgan fingerprint density at radius 1 is 1.07 bits per heavy atom. The molecule has 3 amide bonds. The molecule has 0 aromatic heterocycles. The lowest BCUT2D eigenvalue weighted by molar-refractivity contribution is -0.124. The van der Waals surface area contributed by atoms with Crippen molar-refractivity contribution >= 4 is 22.7 Å². The Kier molecular flexibility index (Phi) is 6.45. The predicted octanol–water partition coefficient (Wildman–Crippen LogP) is 3.82. The largest absolute Gasteiger partial charge is 0.335 e. The van der Waals surface area contributed by atoms with Gasteiger partial charge in [-0.1, -0.05) is 55.7 Å². The monoisotopic (exact) mass is 367 g/mol. The molecule has 1 fully saturated rings. The molecule has 2 aromatic rings. The molecule has 27 heavy (non-hydrogen) atoms. The third kappa shape index (κ3) is 5.30. The van der Waals surface area contributed by atoms with Crippen molar-refractivity contribution in [3.63, 3.8) is 0 Å². The molecule has 5 nitrogen and oxygen atoms in total. The summed E-state index contributed by atoms with van der Waals surface area (Å²) >= 11 is 0. The van der Waals surface area contributed by atoms with E-state index in [9.17, 15) is 9.59 Å². The molecule has 2 N–H and O–H groups in total. The van der Waals surface area contributed by atoms with Gasteiger partial charge in [-0.25, -0.2) is 4.79 Å². The van der Waals surface area contributed by atoms with Gasteiger partial charge in [0.1, 0.15) is 0 Å². The number of hydrogen-bond acceptors (Lipinski definition) is 3. The van der Waals surface area contributed by atoms with Gasteiger partial charge in [-0.15, -0.1) is 0 Å². The first-order valence-electron chi connectivity index (χ1n) is 9.82. The summed E-state index contributed by atoms with van der Waals surface area (Å²) in [6.07, 6.45) is 5.51. The van der Waals surface area contributed by atoms with Crippen molar-refractivity contribution in [2.75, 3.05) is 7.05 Å². The topological polar surface area (TPSA) is 61.4 Å². The maximum absolute atomic E-state index is 12.4. The Labute approximate surface area is 161 Å². The van der Waals surface area contributed by atoms with Crippen molar-refractivity contribution in [3.8, 4) is 0 Å². The second kappa shape index (κ2) is 9.00. The minimum absolute atomic E-state index is 0.192. The van der Waals surface area contributed by atoms with Gasteiger partial charge >= 0.3 is 6.03 Å². The summed E-state index contributed by atoms with van der Waals surface area (Å²) in [5.74, 6) is -0.272. The van der Waals surface area contributed by atoms with Crippen molar-refractivity contribution in [1.29, 1.82) is 0 Å². The molecule has 0 aliphatic heterocycles. The van der Waals surface area contributed by atoms with Crippen LogP contribution in [-0.2, 0) is 11.3 Å². The fourth-order valence-electron chi connectivity index (χ4n) is 3.65. The van der Waals surface area contributed by atoms with Crippen LogP contribution in [0.25, 0.3) is 10.8 Å². The number of hydrogen-bond donors (Lipinski definition) is 2. The number of nitrogens with one attached hydrogen (secondary N) is 2. The van der Waals surface area contributed by atoms with Crippen molar-refractivity contribution in [2.45, 2.75) is 57.7 Å². The van der Waals surface area contributed by atoms with Crippen LogP contribution in [0.1, 0.15) is 44.6 Å². The van der Waals surface area contributed by atoms with Crippen LogP contribution in [0.2, 0.25) is 0 Å². The van der Waals surface area contributed by atoms with Crippen LogP contribution >= 0.6 is 0 Å². The normalized spacial score (nSPS) is 16.3. The van der Waals surface area contributed by atoms with E-state index in [-0.39, 0.29) is 18.0 Å². The molecule has 0 spiro atoms. The second-order valence-electron chi connectivity index (χ2n) is 7.57. The van der Waals surface area contributed by atoms with Gasteiger partial charge in [-0.2, -0.15) is 0 Å². The number of imide groups is 1. The van der Waals surface area contributed by atoms with E-state index in [4.69, 9.17) is 0 Å². The highest BCUT2D eigenvalue weighted by molar-refractivity contribution is 5.96. The molecular formula is C22H29N3O2. The van der Waals surface area contributed by atoms with E-state index in [0.29, 0.717) is 6.54 Å². The van der Waals surface area contributed by atoms with Crippen LogP contribution in [0.5, 0.6) is 0 Å². The Balaban J connectivity index is 1.52. The summed E-state index contributed by atoms with van der Waals surface area (Å²) in [5.41, 5.74) is 1.14. The number of urea groups is 1. The van der Waals surface area contributed by atoms with Gasteiger partial charge in [0, 0.05) is 12.6 Å². The van der Waals surface area contributed by atoms with Gasteiger partial charge in [-0.05, 0) is 49.2 Å². The SMILES string of the molecule is C[C@H](C(=O)NC(=O)NC1CCCCC1)N(C)Cc1ccc2ccccc2c1. The lowest BCUT2D eigenvalue weighted by Gasteiger charge is -2.25. The number of carbonyl (C=O) groups is 2. The van der Waals surface area contributed by atoms with Crippen LogP contribution in [0.4, 0.5) is 4.79 Å². The summed E-state index contributed by atoms with van der Waals surface area (Å²) in [5, 5.41) is 7.81. The zero-order valence-corrected chi connectivity index (χ0v) is 16.2. The van der Waals surface area contributed by atoms with Crippen LogP contribution in [0, 0.1) is 0 Å². The van der Waals surface area contributed by atoms with Crippen LogP contribution in [0.15, 0.2) is 42.5 Å². The average molecular weight is 367 g/mol. The van der Waals surface area contributed by atoms with Crippen LogP contribution < -0.4 is 10.6 Å². The molecule has 5 heteroatoms. The minimum Gasteiger partial charge on any atom is -0.335 e. The van der Waals surface area contributed by atoms with Crippen LogP contribution in [0.3, 0.4) is 0 Å². The first kappa shape index (κ1) is 19.4. The van der Waals surface area contributed by atoms with Crippen molar-refractivity contribution < 1.29 is 9.59 Å². The van der Waals surface area contributed by atoms with Gasteiger partial charge in [0.2, 0.25) is 5.91 Å². The first-order chi connectivity index (χ1) is 13.0. The highest BCUT2D eigenvalue weighted by Gasteiger charge is 2.22. The molecule has 1 aliphatic carbocycles. The third-order valence-corrected chi connectivity index (χ3v) is 5.46. The number of rotatable bonds is 5. The fourth-order valence-corrected chi connectivity index (χ4v) is 3.65. The number of likely N-dealkylation sites (N-methyl/N-ethyl adjacent to an activating group) is 1. The van der Waals surface area contributed by atoms with Crippen molar-refractivity contribution in [3.05, 3.63) is 48.0 Å². The van der Waals surface area contributed by atoms with Gasteiger partial charge in [0.25, 0.3) is 0 Å². The molecule has 1 aliphatic rings. The summed E-state index contributed by atoms with van der Waals surface area (Å²) < 4.78 is 0. The van der Waals surface area contributed by atoms with E-state index in [1.807, 2.05) is 31.0 Å². The second-order valence-corrected chi connectivity index (χ2v) is 7.57. The molecule has 1 atom stereocenters. The number of amides is 3. The Hall–Kier alpha value is -2.40. The maximum atomic E-state index is 12.4. The molecule has 0 saturated heterocycles.